The van der Waals surface area contributed by atoms with E-state index in [9.17, 15) is 9.18 Å². The van der Waals surface area contributed by atoms with E-state index in [-0.39, 0.29) is 11.7 Å². The number of carbonyl (C=O) groups excluding carboxylic acids is 1. The van der Waals surface area contributed by atoms with Gasteiger partial charge < -0.3 is 5.32 Å². The van der Waals surface area contributed by atoms with Crippen LogP contribution in [0.15, 0.2) is 53.5 Å². The van der Waals surface area contributed by atoms with Gasteiger partial charge in [-0.15, -0.1) is 0 Å². The van der Waals surface area contributed by atoms with Crippen LogP contribution in [0.25, 0.3) is 0 Å². The first-order chi connectivity index (χ1) is 10.1. The second-order valence-corrected chi connectivity index (χ2v) is 5.10. The number of aliphatic imine (C=N–C) groups is 1. The van der Waals surface area contributed by atoms with Crippen molar-refractivity contribution >= 4 is 17.3 Å². The summed E-state index contributed by atoms with van der Waals surface area (Å²) in [5.41, 5.74) is 3.03. The topological polar surface area (TPSA) is 41.5 Å². The fourth-order valence-corrected chi connectivity index (χ4v) is 2.49. The van der Waals surface area contributed by atoms with E-state index in [0.29, 0.717) is 12.1 Å². The van der Waals surface area contributed by atoms with Gasteiger partial charge in [-0.25, -0.2) is 4.39 Å². The van der Waals surface area contributed by atoms with E-state index in [1.807, 2.05) is 37.3 Å². The van der Waals surface area contributed by atoms with Crippen molar-refractivity contribution in [3.63, 3.8) is 0 Å². The molecule has 1 atom stereocenters. The fourth-order valence-electron chi connectivity index (χ4n) is 2.49. The van der Waals surface area contributed by atoms with Crippen molar-refractivity contribution in [1.82, 2.24) is 0 Å². The number of amides is 1. The Bertz CT molecular complexity index is 710. The quantitative estimate of drug-likeness (QED) is 0.903. The van der Waals surface area contributed by atoms with Gasteiger partial charge in [0.2, 0.25) is 5.91 Å². The smallest absolute Gasteiger partial charge is 0.249 e. The zero-order valence-electron chi connectivity index (χ0n) is 11.6. The molecule has 1 aliphatic heterocycles. The molecule has 1 amide bonds. The third kappa shape index (κ3) is 2.84. The molecule has 1 heterocycles. The van der Waals surface area contributed by atoms with E-state index in [1.54, 1.807) is 6.07 Å². The molecule has 1 unspecified atom stereocenters. The summed E-state index contributed by atoms with van der Waals surface area (Å²) in [4.78, 5) is 16.8. The Morgan fingerprint density at radius 2 is 1.95 bits per heavy atom. The minimum atomic E-state index is -0.497. The monoisotopic (exact) mass is 282 g/mol. The molecule has 0 aromatic heterocycles. The number of hydrogen-bond donors (Lipinski definition) is 1. The average Bonchev–Trinajstić information content (AvgIpc) is 2.57. The van der Waals surface area contributed by atoms with E-state index in [4.69, 9.17) is 0 Å². The van der Waals surface area contributed by atoms with Gasteiger partial charge in [-0.2, -0.15) is 0 Å². The zero-order chi connectivity index (χ0) is 14.8. The van der Waals surface area contributed by atoms with Crippen LogP contribution in [0.3, 0.4) is 0 Å². The summed E-state index contributed by atoms with van der Waals surface area (Å²) in [7, 11) is 0. The molecule has 0 bridgehead atoms. The van der Waals surface area contributed by atoms with E-state index in [2.05, 4.69) is 10.3 Å². The van der Waals surface area contributed by atoms with Crippen LogP contribution in [0.5, 0.6) is 0 Å². The molecule has 3 rings (SSSR count). The van der Waals surface area contributed by atoms with Gasteiger partial charge in [0.15, 0.2) is 0 Å². The molecule has 2 aromatic carbocycles. The maximum Gasteiger partial charge on any atom is 0.249 e. The highest BCUT2D eigenvalue weighted by molar-refractivity contribution is 6.10. The molecular weight excluding hydrogens is 267 g/mol. The van der Waals surface area contributed by atoms with Gasteiger partial charge >= 0.3 is 0 Å². The Labute approximate surface area is 122 Å². The first-order valence-electron chi connectivity index (χ1n) is 6.82. The van der Waals surface area contributed by atoms with E-state index < -0.39 is 6.04 Å². The second kappa shape index (κ2) is 5.48. The van der Waals surface area contributed by atoms with Crippen LogP contribution < -0.4 is 5.32 Å². The van der Waals surface area contributed by atoms with E-state index in [1.165, 1.54) is 12.1 Å². The predicted octanol–water partition coefficient (Wildman–Crippen LogP) is 3.20. The summed E-state index contributed by atoms with van der Waals surface area (Å²) in [5.74, 6) is -0.578. The van der Waals surface area contributed by atoms with Crippen LogP contribution in [0.2, 0.25) is 0 Å². The maximum atomic E-state index is 13.3. The molecule has 2 aromatic rings. The second-order valence-electron chi connectivity index (χ2n) is 5.10. The predicted molar refractivity (Wildman–Crippen MR) is 81.2 cm³/mol. The summed E-state index contributed by atoms with van der Waals surface area (Å²) in [5, 5.41) is 2.77. The minimum absolute atomic E-state index is 0.206. The molecule has 1 aliphatic rings. The summed E-state index contributed by atoms with van der Waals surface area (Å²) in [6.45, 7) is 1.84. The number of fused-ring (bicyclic) bond motifs is 1. The highest BCUT2D eigenvalue weighted by atomic mass is 19.1. The lowest BCUT2D eigenvalue weighted by Crippen LogP contribution is -2.27. The lowest BCUT2D eigenvalue weighted by Gasteiger charge is -2.10. The number of halogens is 1. The Morgan fingerprint density at radius 3 is 2.71 bits per heavy atom. The van der Waals surface area contributed by atoms with Crippen molar-refractivity contribution < 1.29 is 9.18 Å². The highest BCUT2D eigenvalue weighted by Crippen LogP contribution is 2.23. The summed E-state index contributed by atoms with van der Waals surface area (Å²) in [6, 6.07) is 13.6. The normalized spacial score (nSPS) is 17.5. The van der Waals surface area contributed by atoms with Crippen LogP contribution in [0.1, 0.15) is 18.1 Å². The Balaban J connectivity index is 1.93. The molecule has 0 saturated heterocycles. The number of benzodiazepines with no additional fused rings is 1. The number of anilines is 1. The molecule has 21 heavy (non-hydrogen) atoms. The average molecular weight is 282 g/mol. The Morgan fingerprint density at radius 1 is 1.19 bits per heavy atom. The van der Waals surface area contributed by atoms with Gasteiger partial charge in [0, 0.05) is 17.7 Å². The fraction of sp³-hybridized carbons (Fsp3) is 0.176. The Hall–Kier alpha value is -2.49. The van der Waals surface area contributed by atoms with Crippen molar-refractivity contribution in [1.29, 1.82) is 0 Å². The summed E-state index contributed by atoms with van der Waals surface area (Å²) in [6.07, 6.45) is 0.528. The minimum Gasteiger partial charge on any atom is -0.323 e. The number of hydrogen-bond acceptors (Lipinski definition) is 2. The third-order valence-electron chi connectivity index (χ3n) is 3.55. The van der Waals surface area contributed by atoms with Gasteiger partial charge in [-0.1, -0.05) is 30.3 Å². The van der Waals surface area contributed by atoms with Gasteiger partial charge in [-0.05, 0) is 30.7 Å². The van der Waals surface area contributed by atoms with Crippen LogP contribution >= 0.6 is 0 Å². The van der Waals surface area contributed by atoms with Crippen LogP contribution in [-0.4, -0.2) is 17.7 Å². The van der Waals surface area contributed by atoms with Crippen LogP contribution in [0.4, 0.5) is 10.1 Å². The van der Waals surface area contributed by atoms with E-state index >= 15 is 0 Å². The van der Waals surface area contributed by atoms with Crippen molar-refractivity contribution in [2.24, 2.45) is 4.99 Å². The molecule has 0 saturated carbocycles. The molecular formula is C17H15FN2O. The molecule has 0 radical (unpaired) electrons. The van der Waals surface area contributed by atoms with Crippen molar-refractivity contribution in [3.05, 3.63) is 65.5 Å². The highest BCUT2D eigenvalue weighted by Gasteiger charge is 2.23. The molecule has 0 aliphatic carbocycles. The van der Waals surface area contributed by atoms with E-state index in [0.717, 1.165) is 16.8 Å². The molecule has 4 heteroatoms. The van der Waals surface area contributed by atoms with Crippen LogP contribution in [0, 0.1) is 5.82 Å². The summed E-state index contributed by atoms with van der Waals surface area (Å²) >= 11 is 0. The SMILES string of the molecule is CC1=NC(Cc2ccccc2)C(=O)Nc2cc(F)ccc21. The van der Waals surface area contributed by atoms with Crippen LogP contribution in [-0.2, 0) is 11.2 Å². The largest absolute Gasteiger partial charge is 0.323 e. The number of carbonyl (C=O) groups is 1. The maximum absolute atomic E-state index is 13.3. The first-order valence-corrected chi connectivity index (χ1v) is 6.82. The number of nitrogens with zero attached hydrogens (tertiary/aromatic N) is 1. The lowest BCUT2D eigenvalue weighted by molar-refractivity contribution is -0.117. The third-order valence-corrected chi connectivity index (χ3v) is 3.55. The Kier molecular flexibility index (Phi) is 3.52. The standard InChI is InChI=1S/C17H15FN2O/c1-11-14-8-7-13(18)10-15(14)20-17(21)16(19-11)9-12-5-3-2-4-6-12/h2-8,10,16H,9H2,1H3,(H,20,21). The lowest BCUT2D eigenvalue weighted by atomic mass is 10.1. The van der Waals surface area contributed by atoms with Gasteiger partial charge in [0.25, 0.3) is 0 Å². The van der Waals surface area contributed by atoms with Gasteiger partial charge in [0.1, 0.15) is 11.9 Å². The molecule has 0 spiro atoms. The summed E-state index contributed by atoms with van der Waals surface area (Å²) < 4.78 is 13.3. The molecule has 3 nitrogen and oxygen atoms in total. The number of rotatable bonds is 2. The van der Waals surface area contributed by atoms with Gasteiger partial charge in [0.05, 0.1) is 5.69 Å². The first kappa shape index (κ1) is 13.5. The van der Waals surface area contributed by atoms with Crippen molar-refractivity contribution in [2.45, 2.75) is 19.4 Å². The number of benzene rings is 2. The molecule has 106 valence electrons. The molecule has 1 N–H and O–H groups in total. The van der Waals surface area contributed by atoms with Crippen molar-refractivity contribution in [3.8, 4) is 0 Å². The zero-order valence-corrected chi connectivity index (χ0v) is 11.6. The van der Waals surface area contributed by atoms with Gasteiger partial charge in [-0.3, -0.25) is 9.79 Å². The van der Waals surface area contributed by atoms with Crippen molar-refractivity contribution in [2.75, 3.05) is 5.32 Å². The molecule has 0 fully saturated rings. The number of nitrogens with one attached hydrogen (secondary N) is 1.